The molecule has 5 atom stereocenters. The molecule has 2 rings (SSSR count). The van der Waals surface area contributed by atoms with Crippen LogP contribution in [0.25, 0.3) is 0 Å². The fourth-order valence-corrected chi connectivity index (χ4v) is 4.11. The summed E-state index contributed by atoms with van der Waals surface area (Å²) in [6.07, 6.45) is 2.55. The Kier molecular flexibility index (Phi) is 2.79. The number of aliphatic hydroxyl groups is 2. The van der Waals surface area contributed by atoms with Crippen LogP contribution in [0, 0.1) is 16.7 Å². The highest BCUT2D eigenvalue weighted by molar-refractivity contribution is 5.37. The summed E-state index contributed by atoms with van der Waals surface area (Å²) < 4.78 is 0. The van der Waals surface area contributed by atoms with Gasteiger partial charge in [-0.2, -0.15) is 0 Å². The van der Waals surface area contributed by atoms with Gasteiger partial charge in [-0.15, -0.1) is 0 Å². The number of allylic oxidation sites excluding steroid dienone is 2. The Bertz CT molecular complexity index is 384. The van der Waals surface area contributed by atoms with Crippen LogP contribution in [-0.4, -0.2) is 22.4 Å². The van der Waals surface area contributed by atoms with Crippen molar-refractivity contribution in [2.75, 3.05) is 0 Å². The smallest absolute Gasteiger partial charge is 0.0645 e. The molecule has 0 aromatic heterocycles. The molecule has 2 heteroatoms. The minimum absolute atomic E-state index is 0.118. The van der Waals surface area contributed by atoms with E-state index in [1.807, 2.05) is 6.08 Å². The van der Waals surface area contributed by atoms with Gasteiger partial charge >= 0.3 is 0 Å². The highest BCUT2D eigenvalue weighted by atomic mass is 16.3. The first-order valence-corrected chi connectivity index (χ1v) is 6.47. The van der Waals surface area contributed by atoms with Gasteiger partial charge in [0.1, 0.15) is 0 Å². The van der Waals surface area contributed by atoms with Gasteiger partial charge in [0.2, 0.25) is 0 Å². The molecule has 1 saturated carbocycles. The zero-order valence-corrected chi connectivity index (χ0v) is 11.3. The Hall–Kier alpha value is -0.600. The molecule has 0 aliphatic heterocycles. The number of rotatable bonds is 1. The number of hydrogen-bond acceptors (Lipinski definition) is 2. The number of fused-ring (bicyclic) bond motifs is 1. The van der Waals surface area contributed by atoms with Gasteiger partial charge < -0.3 is 10.2 Å². The molecule has 0 aromatic rings. The Morgan fingerprint density at radius 1 is 1.35 bits per heavy atom. The molecule has 2 aliphatic rings. The molecule has 0 saturated heterocycles. The second-order valence-electron chi connectivity index (χ2n) is 6.25. The van der Waals surface area contributed by atoms with E-state index >= 15 is 0 Å². The molecule has 96 valence electrons. The fourth-order valence-electron chi connectivity index (χ4n) is 4.11. The quantitative estimate of drug-likeness (QED) is 0.735. The van der Waals surface area contributed by atoms with Gasteiger partial charge in [0.25, 0.3) is 0 Å². The molecule has 0 bridgehead atoms. The highest BCUT2D eigenvalue weighted by Crippen LogP contribution is 2.64. The van der Waals surface area contributed by atoms with Crippen molar-refractivity contribution in [3.05, 3.63) is 23.8 Å². The maximum absolute atomic E-state index is 10.5. The van der Waals surface area contributed by atoms with Gasteiger partial charge in [0.15, 0.2) is 0 Å². The number of aliphatic hydroxyl groups excluding tert-OH is 2. The van der Waals surface area contributed by atoms with Gasteiger partial charge in [-0.05, 0) is 36.7 Å². The third-order valence-electron chi connectivity index (χ3n) is 5.99. The summed E-state index contributed by atoms with van der Waals surface area (Å²) in [5.41, 5.74) is 2.10. The molecule has 2 aliphatic carbocycles. The lowest BCUT2D eigenvalue weighted by Crippen LogP contribution is -2.50. The van der Waals surface area contributed by atoms with Crippen molar-refractivity contribution in [1.29, 1.82) is 0 Å². The zero-order valence-electron chi connectivity index (χ0n) is 11.3. The van der Waals surface area contributed by atoms with Gasteiger partial charge in [-0.25, -0.2) is 0 Å². The van der Waals surface area contributed by atoms with Gasteiger partial charge in [-0.1, -0.05) is 39.0 Å². The van der Waals surface area contributed by atoms with E-state index < -0.39 is 6.10 Å². The Labute approximate surface area is 104 Å². The summed E-state index contributed by atoms with van der Waals surface area (Å²) in [6.45, 7) is 12.3. The average Bonchev–Trinajstić information content (AvgIpc) is 2.47. The van der Waals surface area contributed by atoms with Crippen molar-refractivity contribution < 1.29 is 10.2 Å². The van der Waals surface area contributed by atoms with Crippen LogP contribution in [0.15, 0.2) is 23.8 Å². The zero-order chi connectivity index (χ0) is 13.0. The van der Waals surface area contributed by atoms with Crippen LogP contribution in [0.5, 0.6) is 0 Å². The molecule has 17 heavy (non-hydrogen) atoms. The first-order chi connectivity index (χ1) is 7.79. The van der Waals surface area contributed by atoms with Crippen LogP contribution < -0.4 is 0 Å². The van der Waals surface area contributed by atoms with Crippen molar-refractivity contribution >= 4 is 0 Å². The fraction of sp³-hybridized carbons (Fsp3) is 0.733. The van der Waals surface area contributed by atoms with E-state index in [1.54, 1.807) is 0 Å². The molecule has 0 aromatic carbocycles. The van der Waals surface area contributed by atoms with E-state index in [0.29, 0.717) is 6.42 Å². The lowest BCUT2D eigenvalue weighted by molar-refractivity contribution is -0.0612. The topological polar surface area (TPSA) is 40.5 Å². The first kappa shape index (κ1) is 12.8. The normalized spacial score (nSPS) is 50.4. The summed E-state index contributed by atoms with van der Waals surface area (Å²) in [4.78, 5) is 0. The summed E-state index contributed by atoms with van der Waals surface area (Å²) >= 11 is 0. The van der Waals surface area contributed by atoms with Crippen molar-refractivity contribution in [2.45, 2.75) is 52.7 Å². The minimum atomic E-state index is -0.392. The minimum Gasteiger partial charge on any atom is -0.393 e. The summed E-state index contributed by atoms with van der Waals surface area (Å²) in [7, 11) is 0. The monoisotopic (exact) mass is 236 g/mol. The van der Waals surface area contributed by atoms with Crippen LogP contribution in [0.1, 0.15) is 40.5 Å². The average molecular weight is 236 g/mol. The lowest BCUT2D eigenvalue weighted by atomic mass is 9.54. The molecule has 0 heterocycles. The van der Waals surface area contributed by atoms with Crippen LogP contribution in [-0.2, 0) is 0 Å². The van der Waals surface area contributed by atoms with Crippen LogP contribution >= 0.6 is 0 Å². The lowest BCUT2D eigenvalue weighted by Gasteiger charge is -2.51. The molecule has 0 spiro atoms. The Balaban J connectivity index is 2.61. The molecule has 0 radical (unpaired) electrons. The van der Waals surface area contributed by atoms with E-state index in [0.717, 1.165) is 12.0 Å². The predicted molar refractivity (Wildman–Crippen MR) is 69.5 cm³/mol. The van der Waals surface area contributed by atoms with E-state index in [1.165, 1.54) is 5.57 Å². The highest BCUT2D eigenvalue weighted by Gasteiger charge is 2.62. The Morgan fingerprint density at radius 3 is 2.47 bits per heavy atom. The number of hydrogen-bond donors (Lipinski definition) is 2. The second-order valence-corrected chi connectivity index (χ2v) is 6.25. The van der Waals surface area contributed by atoms with Gasteiger partial charge in [-0.3, -0.25) is 0 Å². The predicted octanol–water partition coefficient (Wildman–Crippen LogP) is 2.67. The van der Waals surface area contributed by atoms with Gasteiger partial charge in [0.05, 0.1) is 12.2 Å². The third kappa shape index (κ3) is 1.34. The summed E-state index contributed by atoms with van der Waals surface area (Å²) in [5.74, 6) is 0.129. The van der Waals surface area contributed by atoms with Crippen molar-refractivity contribution in [3.63, 3.8) is 0 Å². The maximum Gasteiger partial charge on any atom is 0.0645 e. The largest absolute Gasteiger partial charge is 0.393 e. The van der Waals surface area contributed by atoms with E-state index in [2.05, 4.69) is 34.3 Å². The standard InChI is InChI=1S/C15H24O2/c1-6-11-7-13(17)15(5)10(3)12(16)8-14(15,4)9(11)2/h6,10,12-13,16-17H,1,7-8H2,2-5H3/t10-,12+,13-,14+,15-/m1/s1. The maximum atomic E-state index is 10.5. The molecule has 0 amide bonds. The summed E-state index contributed by atoms with van der Waals surface area (Å²) in [5, 5.41) is 20.7. The van der Waals surface area contributed by atoms with Crippen LogP contribution in [0.2, 0.25) is 0 Å². The third-order valence-corrected chi connectivity index (χ3v) is 5.99. The molecule has 0 unspecified atom stereocenters. The SMILES string of the molecule is C=CC1=C(C)[C@]2(C)C[C@H](O)[C@@H](C)[C@]2(C)[C@H](O)C1. The molecule has 2 N–H and O–H groups in total. The van der Waals surface area contributed by atoms with E-state index in [9.17, 15) is 10.2 Å². The first-order valence-electron chi connectivity index (χ1n) is 6.47. The van der Waals surface area contributed by atoms with Crippen molar-refractivity contribution in [3.8, 4) is 0 Å². The van der Waals surface area contributed by atoms with Crippen LogP contribution in [0.4, 0.5) is 0 Å². The van der Waals surface area contributed by atoms with E-state index in [-0.39, 0.29) is 22.9 Å². The van der Waals surface area contributed by atoms with Crippen molar-refractivity contribution in [2.24, 2.45) is 16.7 Å². The van der Waals surface area contributed by atoms with Crippen molar-refractivity contribution in [1.82, 2.24) is 0 Å². The Morgan fingerprint density at radius 2 is 1.94 bits per heavy atom. The summed E-state index contributed by atoms with van der Waals surface area (Å²) in [6, 6.07) is 0. The molecule has 1 fully saturated rings. The molecule has 2 nitrogen and oxygen atoms in total. The molecular formula is C15H24O2. The molecular weight excluding hydrogens is 212 g/mol. The second kappa shape index (κ2) is 3.69. The van der Waals surface area contributed by atoms with Crippen LogP contribution in [0.3, 0.4) is 0 Å². The van der Waals surface area contributed by atoms with Gasteiger partial charge in [0, 0.05) is 5.41 Å². The van der Waals surface area contributed by atoms with E-state index in [4.69, 9.17) is 0 Å².